The van der Waals surface area contributed by atoms with Crippen molar-refractivity contribution in [2.45, 2.75) is 18.9 Å². The summed E-state index contributed by atoms with van der Waals surface area (Å²) in [6.07, 6.45) is -0.0622. The molecule has 1 aliphatic heterocycles. The SMILES string of the molecule is COc1cc2c(c(OC)c1OC)-c1ccccc1OC2CCC(=O)O. The van der Waals surface area contributed by atoms with Crippen molar-refractivity contribution in [2.24, 2.45) is 0 Å². The van der Waals surface area contributed by atoms with Crippen molar-refractivity contribution >= 4 is 5.97 Å². The lowest BCUT2D eigenvalue weighted by Crippen LogP contribution is -2.16. The zero-order chi connectivity index (χ0) is 18.0. The van der Waals surface area contributed by atoms with Crippen LogP contribution in [-0.2, 0) is 4.79 Å². The van der Waals surface area contributed by atoms with Crippen LogP contribution in [0.5, 0.6) is 23.0 Å². The zero-order valence-corrected chi connectivity index (χ0v) is 14.4. The van der Waals surface area contributed by atoms with E-state index in [0.717, 1.165) is 16.7 Å². The Morgan fingerprint density at radius 3 is 2.48 bits per heavy atom. The first kappa shape index (κ1) is 17.0. The number of methoxy groups -OCH3 is 3. The Labute approximate surface area is 145 Å². The number of hydrogen-bond donors (Lipinski definition) is 1. The van der Waals surface area contributed by atoms with Gasteiger partial charge in [0, 0.05) is 23.1 Å². The number of aliphatic carboxylic acids is 1. The Bertz CT molecular complexity index is 799. The summed E-state index contributed by atoms with van der Waals surface area (Å²) in [6.45, 7) is 0. The van der Waals surface area contributed by atoms with Gasteiger partial charge in [-0.1, -0.05) is 18.2 Å². The van der Waals surface area contributed by atoms with Crippen molar-refractivity contribution < 1.29 is 28.8 Å². The second-order valence-corrected chi connectivity index (χ2v) is 5.64. The van der Waals surface area contributed by atoms with Gasteiger partial charge in [0.05, 0.1) is 21.3 Å². The smallest absolute Gasteiger partial charge is 0.303 e. The van der Waals surface area contributed by atoms with Crippen LogP contribution in [0.1, 0.15) is 24.5 Å². The first-order valence-corrected chi connectivity index (χ1v) is 7.91. The number of fused-ring (bicyclic) bond motifs is 3. The van der Waals surface area contributed by atoms with E-state index in [-0.39, 0.29) is 6.42 Å². The molecule has 0 radical (unpaired) electrons. The summed E-state index contributed by atoms with van der Waals surface area (Å²) in [5, 5.41) is 9.05. The van der Waals surface area contributed by atoms with Crippen molar-refractivity contribution in [3.63, 3.8) is 0 Å². The number of rotatable bonds is 6. The third-order valence-corrected chi connectivity index (χ3v) is 4.25. The lowest BCUT2D eigenvalue weighted by atomic mass is 9.89. The minimum absolute atomic E-state index is 0.00291. The molecular weight excluding hydrogens is 324 g/mol. The monoisotopic (exact) mass is 344 g/mol. The highest BCUT2D eigenvalue weighted by Gasteiger charge is 2.32. The van der Waals surface area contributed by atoms with Gasteiger partial charge in [-0.2, -0.15) is 0 Å². The number of hydrogen-bond acceptors (Lipinski definition) is 5. The Kier molecular flexibility index (Phi) is 4.70. The first-order chi connectivity index (χ1) is 12.1. The average Bonchev–Trinajstić information content (AvgIpc) is 2.63. The summed E-state index contributed by atoms with van der Waals surface area (Å²) in [7, 11) is 4.68. The van der Waals surface area contributed by atoms with Gasteiger partial charge < -0.3 is 24.1 Å². The molecule has 1 N–H and O–H groups in total. The molecule has 1 atom stereocenters. The fourth-order valence-corrected chi connectivity index (χ4v) is 3.17. The fourth-order valence-electron chi connectivity index (χ4n) is 3.17. The lowest BCUT2D eigenvalue weighted by molar-refractivity contribution is -0.137. The molecule has 1 unspecified atom stereocenters. The molecule has 6 nitrogen and oxygen atoms in total. The van der Waals surface area contributed by atoms with Gasteiger partial charge in [0.15, 0.2) is 11.5 Å². The lowest BCUT2D eigenvalue weighted by Gasteiger charge is -2.31. The van der Waals surface area contributed by atoms with Crippen LogP contribution in [0.4, 0.5) is 0 Å². The molecule has 0 amide bonds. The standard InChI is InChI=1S/C19H20O6/c1-22-15-10-12-14(8-9-16(20)21)25-13-7-5-4-6-11(13)17(12)19(24-3)18(15)23-2/h4-7,10,14H,8-9H2,1-3H3,(H,20,21). The van der Waals surface area contributed by atoms with Crippen LogP contribution in [0.15, 0.2) is 30.3 Å². The number of benzene rings is 2. The molecule has 2 aromatic rings. The number of para-hydroxylation sites is 1. The van der Waals surface area contributed by atoms with Crippen LogP contribution in [0.2, 0.25) is 0 Å². The minimum atomic E-state index is -0.864. The summed E-state index contributed by atoms with van der Waals surface area (Å²) in [5.41, 5.74) is 2.55. The van der Waals surface area contributed by atoms with Crippen LogP contribution >= 0.6 is 0 Å². The van der Waals surface area contributed by atoms with Gasteiger partial charge in [-0.05, 0) is 18.6 Å². The molecule has 25 heavy (non-hydrogen) atoms. The van der Waals surface area contributed by atoms with Crippen LogP contribution in [0, 0.1) is 0 Å². The predicted molar refractivity (Wildman–Crippen MR) is 91.8 cm³/mol. The van der Waals surface area contributed by atoms with Crippen LogP contribution < -0.4 is 18.9 Å². The Balaban J connectivity index is 2.24. The summed E-state index contributed by atoms with van der Waals surface area (Å²) in [4.78, 5) is 11.0. The van der Waals surface area contributed by atoms with Crippen LogP contribution in [0.25, 0.3) is 11.1 Å². The van der Waals surface area contributed by atoms with E-state index in [9.17, 15) is 4.79 Å². The molecule has 6 heteroatoms. The van der Waals surface area contributed by atoms with E-state index in [2.05, 4.69) is 0 Å². The molecule has 0 saturated heterocycles. The molecule has 2 aromatic carbocycles. The minimum Gasteiger partial charge on any atom is -0.493 e. The third-order valence-electron chi connectivity index (χ3n) is 4.25. The van der Waals surface area contributed by atoms with E-state index in [1.165, 1.54) is 0 Å². The van der Waals surface area contributed by atoms with Crippen molar-refractivity contribution in [1.82, 2.24) is 0 Å². The van der Waals surface area contributed by atoms with Crippen molar-refractivity contribution in [2.75, 3.05) is 21.3 Å². The van der Waals surface area contributed by atoms with E-state index < -0.39 is 12.1 Å². The van der Waals surface area contributed by atoms with Gasteiger partial charge in [-0.3, -0.25) is 4.79 Å². The maximum atomic E-state index is 11.0. The van der Waals surface area contributed by atoms with Gasteiger partial charge in [0.25, 0.3) is 0 Å². The van der Waals surface area contributed by atoms with Gasteiger partial charge in [-0.15, -0.1) is 0 Å². The van der Waals surface area contributed by atoms with Crippen LogP contribution in [0.3, 0.4) is 0 Å². The Morgan fingerprint density at radius 2 is 1.84 bits per heavy atom. The molecule has 3 rings (SSSR count). The predicted octanol–water partition coefficient (Wildman–Crippen LogP) is 3.68. The highest BCUT2D eigenvalue weighted by Crippen LogP contribution is 2.54. The zero-order valence-electron chi connectivity index (χ0n) is 14.4. The second-order valence-electron chi connectivity index (χ2n) is 5.64. The second kappa shape index (κ2) is 6.93. The van der Waals surface area contributed by atoms with E-state index in [4.69, 9.17) is 24.1 Å². The quantitative estimate of drug-likeness (QED) is 0.862. The molecule has 0 bridgehead atoms. The summed E-state index contributed by atoms with van der Waals surface area (Å²) in [6, 6.07) is 9.43. The van der Waals surface area contributed by atoms with Crippen molar-refractivity contribution in [3.8, 4) is 34.1 Å². The molecule has 0 aliphatic carbocycles. The van der Waals surface area contributed by atoms with Crippen molar-refractivity contribution in [3.05, 3.63) is 35.9 Å². The molecule has 132 valence electrons. The highest BCUT2D eigenvalue weighted by atomic mass is 16.5. The maximum absolute atomic E-state index is 11.0. The number of carboxylic acid groups (broad SMARTS) is 1. The van der Waals surface area contributed by atoms with Crippen molar-refractivity contribution in [1.29, 1.82) is 0 Å². The maximum Gasteiger partial charge on any atom is 0.303 e. The molecule has 0 aromatic heterocycles. The Hall–Kier alpha value is -2.89. The van der Waals surface area contributed by atoms with E-state index >= 15 is 0 Å². The summed E-state index contributed by atoms with van der Waals surface area (Å²) in [5.74, 6) is 1.39. The topological polar surface area (TPSA) is 74.2 Å². The number of ether oxygens (including phenoxy) is 4. The fraction of sp³-hybridized carbons (Fsp3) is 0.316. The van der Waals surface area contributed by atoms with Gasteiger partial charge in [0.1, 0.15) is 11.9 Å². The van der Waals surface area contributed by atoms with Crippen LogP contribution in [-0.4, -0.2) is 32.4 Å². The molecule has 0 spiro atoms. The first-order valence-electron chi connectivity index (χ1n) is 7.91. The highest BCUT2D eigenvalue weighted by molar-refractivity contribution is 5.85. The summed E-state index contributed by atoms with van der Waals surface area (Å²) < 4.78 is 22.6. The molecule has 1 aliphatic rings. The van der Waals surface area contributed by atoms with Gasteiger partial charge in [0.2, 0.25) is 5.75 Å². The molecule has 1 heterocycles. The van der Waals surface area contributed by atoms with E-state index in [1.54, 1.807) is 21.3 Å². The van der Waals surface area contributed by atoms with Gasteiger partial charge in [-0.25, -0.2) is 0 Å². The average molecular weight is 344 g/mol. The summed E-state index contributed by atoms with van der Waals surface area (Å²) >= 11 is 0. The number of carboxylic acids is 1. The van der Waals surface area contributed by atoms with Gasteiger partial charge >= 0.3 is 5.97 Å². The molecule has 0 saturated carbocycles. The molecule has 0 fully saturated rings. The molecular formula is C19H20O6. The number of carbonyl (C=O) groups is 1. The Morgan fingerprint density at radius 1 is 1.12 bits per heavy atom. The van der Waals surface area contributed by atoms with E-state index in [1.807, 2.05) is 30.3 Å². The largest absolute Gasteiger partial charge is 0.493 e. The normalized spacial score (nSPS) is 14.8. The third kappa shape index (κ3) is 2.95. The van der Waals surface area contributed by atoms with E-state index in [0.29, 0.717) is 29.4 Å².